The normalized spacial score (nSPS) is 22.5. The number of rotatable bonds is 3. The first-order valence-corrected chi connectivity index (χ1v) is 6.37. The molecule has 0 radical (unpaired) electrons. The van der Waals surface area contributed by atoms with E-state index >= 15 is 0 Å². The Hall–Kier alpha value is -1.26. The monoisotopic (exact) mass is 284 g/mol. The van der Waals surface area contributed by atoms with E-state index in [0.29, 0.717) is 6.04 Å². The number of hydrogen-bond acceptors (Lipinski definition) is 3. The van der Waals surface area contributed by atoms with Gasteiger partial charge in [0.1, 0.15) is 5.75 Å². The van der Waals surface area contributed by atoms with Gasteiger partial charge in [-0.05, 0) is 26.0 Å². The van der Waals surface area contributed by atoms with E-state index in [-0.39, 0.29) is 31.0 Å². The molecule has 0 bridgehead atoms. The molecule has 1 heterocycles. The number of benzene rings is 1. The number of amides is 1. The first-order valence-electron chi connectivity index (χ1n) is 6.37. The summed E-state index contributed by atoms with van der Waals surface area (Å²) >= 11 is 0. The fourth-order valence-electron chi connectivity index (χ4n) is 2.11. The molecule has 1 amide bonds. The highest BCUT2D eigenvalue weighted by molar-refractivity contribution is 5.85. The van der Waals surface area contributed by atoms with Crippen molar-refractivity contribution in [2.45, 2.75) is 25.9 Å². The number of carbonyl (C=O) groups is 1. The van der Waals surface area contributed by atoms with Crippen molar-refractivity contribution in [3.05, 3.63) is 30.3 Å². The van der Waals surface area contributed by atoms with Crippen LogP contribution in [0, 0.1) is 0 Å². The molecular formula is C14H21ClN2O2. The van der Waals surface area contributed by atoms with Crippen LogP contribution in [-0.4, -0.2) is 42.6 Å². The average molecular weight is 285 g/mol. The Morgan fingerprint density at radius 1 is 1.37 bits per heavy atom. The van der Waals surface area contributed by atoms with Crippen LogP contribution in [0.3, 0.4) is 0 Å². The molecule has 2 atom stereocenters. The highest BCUT2D eigenvalue weighted by atomic mass is 35.5. The fourth-order valence-corrected chi connectivity index (χ4v) is 2.11. The van der Waals surface area contributed by atoms with Gasteiger partial charge in [0.05, 0.1) is 0 Å². The van der Waals surface area contributed by atoms with E-state index in [1.54, 1.807) is 0 Å². The molecule has 4 nitrogen and oxygen atoms in total. The molecule has 1 aliphatic rings. The van der Waals surface area contributed by atoms with E-state index in [2.05, 4.69) is 19.2 Å². The fraction of sp³-hybridized carbons (Fsp3) is 0.500. The summed E-state index contributed by atoms with van der Waals surface area (Å²) in [5.41, 5.74) is 0. The molecule has 1 aromatic rings. The molecular weight excluding hydrogens is 264 g/mol. The molecule has 19 heavy (non-hydrogen) atoms. The number of nitrogens with one attached hydrogen (secondary N) is 1. The summed E-state index contributed by atoms with van der Waals surface area (Å²) in [4.78, 5) is 14.0. The van der Waals surface area contributed by atoms with Gasteiger partial charge in [-0.2, -0.15) is 0 Å². The largest absolute Gasteiger partial charge is 0.484 e. The summed E-state index contributed by atoms with van der Waals surface area (Å²) in [5, 5.41) is 3.36. The Morgan fingerprint density at radius 2 is 2.05 bits per heavy atom. The maximum Gasteiger partial charge on any atom is 0.260 e. The smallest absolute Gasteiger partial charge is 0.260 e. The van der Waals surface area contributed by atoms with Gasteiger partial charge in [0.2, 0.25) is 0 Å². The molecule has 0 saturated carbocycles. The highest BCUT2D eigenvalue weighted by Gasteiger charge is 2.26. The third kappa shape index (κ3) is 4.40. The van der Waals surface area contributed by atoms with Gasteiger partial charge in [-0.1, -0.05) is 18.2 Å². The Morgan fingerprint density at radius 3 is 2.74 bits per heavy atom. The summed E-state index contributed by atoms with van der Waals surface area (Å²) in [6.45, 7) is 5.85. The Kier molecular flexibility index (Phi) is 6.12. The van der Waals surface area contributed by atoms with Gasteiger partial charge in [0.15, 0.2) is 6.61 Å². The van der Waals surface area contributed by atoms with Gasteiger partial charge in [-0.15, -0.1) is 12.4 Å². The van der Waals surface area contributed by atoms with E-state index in [4.69, 9.17) is 4.74 Å². The van der Waals surface area contributed by atoms with Crippen LogP contribution in [0.25, 0.3) is 0 Å². The minimum Gasteiger partial charge on any atom is -0.484 e. The lowest BCUT2D eigenvalue weighted by molar-refractivity contribution is -0.136. The van der Waals surface area contributed by atoms with E-state index in [1.165, 1.54) is 0 Å². The van der Waals surface area contributed by atoms with Crippen molar-refractivity contribution < 1.29 is 9.53 Å². The summed E-state index contributed by atoms with van der Waals surface area (Å²) in [6.07, 6.45) is 0. The van der Waals surface area contributed by atoms with Crippen molar-refractivity contribution in [1.82, 2.24) is 10.2 Å². The third-order valence-corrected chi connectivity index (χ3v) is 3.19. The standard InChI is InChI=1S/C14H20N2O2.ClH/c1-11-9-16(12(2)8-15-11)14(17)10-18-13-6-4-3-5-7-13;/h3-7,11-12,15H,8-10H2,1-2H3;1H. The molecule has 1 N–H and O–H groups in total. The van der Waals surface area contributed by atoms with Gasteiger partial charge in [-0.25, -0.2) is 0 Å². The Labute approximate surface area is 120 Å². The number of para-hydroxylation sites is 1. The van der Waals surface area contributed by atoms with E-state index in [0.717, 1.165) is 18.8 Å². The van der Waals surface area contributed by atoms with Gasteiger partial charge in [0.25, 0.3) is 5.91 Å². The number of halogens is 1. The van der Waals surface area contributed by atoms with Crippen molar-refractivity contribution in [1.29, 1.82) is 0 Å². The number of hydrogen-bond donors (Lipinski definition) is 1. The minimum absolute atomic E-state index is 0. The molecule has 1 aromatic carbocycles. The Bertz CT molecular complexity index is 400. The molecule has 2 unspecified atom stereocenters. The molecule has 2 rings (SSSR count). The van der Waals surface area contributed by atoms with Gasteiger partial charge in [-0.3, -0.25) is 4.79 Å². The zero-order valence-corrected chi connectivity index (χ0v) is 12.2. The lowest BCUT2D eigenvalue weighted by Crippen LogP contribution is -2.57. The van der Waals surface area contributed by atoms with Crippen molar-refractivity contribution >= 4 is 18.3 Å². The van der Waals surface area contributed by atoms with E-state index in [9.17, 15) is 4.79 Å². The molecule has 106 valence electrons. The zero-order valence-electron chi connectivity index (χ0n) is 11.3. The predicted molar refractivity (Wildman–Crippen MR) is 77.8 cm³/mol. The topological polar surface area (TPSA) is 41.6 Å². The van der Waals surface area contributed by atoms with Crippen molar-refractivity contribution in [2.75, 3.05) is 19.7 Å². The van der Waals surface area contributed by atoms with Crippen LogP contribution in [0.2, 0.25) is 0 Å². The molecule has 0 aromatic heterocycles. The SMILES string of the molecule is CC1CN(C(=O)COc2ccccc2)C(C)CN1.Cl. The maximum absolute atomic E-state index is 12.1. The quantitative estimate of drug-likeness (QED) is 0.918. The number of ether oxygens (including phenoxy) is 1. The van der Waals surface area contributed by atoms with Crippen molar-refractivity contribution in [3.8, 4) is 5.75 Å². The summed E-state index contributed by atoms with van der Waals surface area (Å²) in [7, 11) is 0. The van der Waals surface area contributed by atoms with Crippen LogP contribution in [0.1, 0.15) is 13.8 Å². The summed E-state index contributed by atoms with van der Waals surface area (Å²) in [6, 6.07) is 10.0. The lowest BCUT2D eigenvalue weighted by Gasteiger charge is -2.37. The van der Waals surface area contributed by atoms with E-state index < -0.39 is 0 Å². The van der Waals surface area contributed by atoms with Gasteiger partial charge in [0, 0.05) is 25.2 Å². The second kappa shape index (κ2) is 7.36. The maximum atomic E-state index is 12.1. The predicted octanol–water partition coefficient (Wildman–Crippen LogP) is 1.70. The minimum atomic E-state index is 0. The van der Waals surface area contributed by atoms with Crippen LogP contribution >= 0.6 is 12.4 Å². The van der Waals surface area contributed by atoms with Crippen LogP contribution in [0.15, 0.2) is 30.3 Å². The second-order valence-corrected chi connectivity index (χ2v) is 4.81. The number of nitrogens with zero attached hydrogens (tertiary/aromatic N) is 1. The molecule has 0 spiro atoms. The summed E-state index contributed by atoms with van der Waals surface area (Å²) in [5.74, 6) is 0.793. The average Bonchev–Trinajstić information content (AvgIpc) is 2.40. The molecule has 0 aliphatic carbocycles. The second-order valence-electron chi connectivity index (χ2n) is 4.81. The van der Waals surface area contributed by atoms with Crippen LogP contribution in [0.5, 0.6) is 5.75 Å². The third-order valence-electron chi connectivity index (χ3n) is 3.19. The Balaban J connectivity index is 0.00000180. The highest BCUT2D eigenvalue weighted by Crippen LogP contribution is 2.10. The van der Waals surface area contributed by atoms with Crippen molar-refractivity contribution in [2.24, 2.45) is 0 Å². The van der Waals surface area contributed by atoms with Crippen molar-refractivity contribution in [3.63, 3.8) is 0 Å². The zero-order chi connectivity index (χ0) is 13.0. The van der Waals surface area contributed by atoms with Gasteiger partial charge < -0.3 is 15.0 Å². The lowest BCUT2D eigenvalue weighted by atomic mass is 10.1. The van der Waals surface area contributed by atoms with Crippen LogP contribution in [0.4, 0.5) is 0 Å². The number of carbonyl (C=O) groups excluding carboxylic acids is 1. The van der Waals surface area contributed by atoms with Gasteiger partial charge >= 0.3 is 0 Å². The van der Waals surface area contributed by atoms with E-state index in [1.807, 2.05) is 35.2 Å². The molecule has 1 fully saturated rings. The molecule has 1 aliphatic heterocycles. The van der Waals surface area contributed by atoms with Crippen LogP contribution < -0.4 is 10.1 Å². The first-order chi connectivity index (χ1) is 8.66. The first kappa shape index (κ1) is 15.8. The number of piperazine rings is 1. The van der Waals surface area contributed by atoms with Crippen LogP contribution in [-0.2, 0) is 4.79 Å². The molecule has 1 saturated heterocycles. The molecule has 5 heteroatoms. The summed E-state index contributed by atoms with van der Waals surface area (Å²) < 4.78 is 5.49.